The lowest BCUT2D eigenvalue weighted by Crippen LogP contribution is -2.22. The third kappa shape index (κ3) is 3.84. The van der Waals surface area contributed by atoms with Crippen LogP contribution in [0.5, 0.6) is 11.5 Å². The standard InChI is InChI=1S/C23H17F4N3O3/c1-31-16-9-4-3-8-15(16)29-22(23(25,26)27)13(11-28)21-19-17(32-2)10-12-6-5-7-14(24)18(12)20(19)30-33-21/h3-11,28-29H,1-2H3/b22-13+,28-11?. The van der Waals surface area contributed by atoms with Crippen molar-refractivity contribution in [2.45, 2.75) is 6.18 Å². The molecule has 0 bridgehead atoms. The lowest BCUT2D eigenvalue weighted by atomic mass is 10.0. The van der Waals surface area contributed by atoms with Crippen LogP contribution in [0.25, 0.3) is 27.2 Å². The van der Waals surface area contributed by atoms with Crippen molar-refractivity contribution in [3.8, 4) is 11.5 Å². The molecule has 33 heavy (non-hydrogen) atoms. The number of ether oxygens (including phenoxy) is 2. The topological polar surface area (TPSA) is 80.4 Å². The molecule has 0 aliphatic rings. The normalized spacial score (nSPS) is 12.5. The number of halogens is 4. The van der Waals surface area contributed by atoms with E-state index in [1.165, 1.54) is 50.6 Å². The molecule has 0 aliphatic heterocycles. The maximum atomic E-state index is 14.6. The van der Waals surface area contributed by atoms with Gasteiger partial charge in [0.05, 0.1) is 30.9 Å². The summed E-state index contributed by atoms with van der Waals surface area (Å²) >= 11 is 0. The van der Waals surface area contributed by atoms with Crippen molar-refractivity contribution in [1.29, 1.82) is 5.41 Å². The molecule has 0 fully saturated rings. The lowest BCUT2D eigenvalue weighted by molar-refractivity contribution is -0.0896. The molecule has 0 atom stereocenters. The van der Waals surface area contributed by atoms with Gasteiger partial charge in [0, 0.05) is 11.6 Å². The zero-order chi connectivity index (χ0) is 23.8. The van der Waals surface area contributed by atoms with Gasteiger partial charge in [-0.1, -0.05) is 29.4 Å². The summed E-state index contributed by atoms with van der Waals surface area (Å²) in [5, 5.41) is 14.4. The van der Waals surface area contributed by atoms with Crippen LogP contribution in [0.1, 0.15) is 5.76 Å². The molecule has 4 aromatic rings. The van der Waals surface area contributed by atoms with E-state index in [-0.39, 0.29) is 33.5 Å². The number of methoxy groups -OCH3 is 2. The molecular weight excluding hydrogens is 442 g/mol. The second kappa shape index (κ2) is 8.45. The van der Waals surface area contributed by atoms with E-state index in [2.05, 4.69) is 10.5 Å². The number of benzene rings is 3. The number of anilines is 1. The highest BCUT2D eigenvalue weighted by atomic mass is 19.4. The summed E-state index contributed by atoms with van der Waals surface area (Å²) in [5.74, 6) is -0.727. The SMILES string of the molecule is COc1ccccc1N/C(=C(\C=N)c1onc2c1c(OC)cc1cccc(F)c12)C(F)(F)F. The van der Waals surface area contributed by atoms with Gasteiger partial charge in [-0.25, -0.2) is 4.39 Å². The van der Waals surface area contributed by atoms with Crippen molar-refractivity contribution in [2.24, 2.45) is 0 Å². The zero-order valence-electron chi connectivity index (χ0n) is 17.4. The molecule has 0 radical (unpaired) electrons. The van der Waals surface area contributed by atoms with Gasteiger partial charge in [0.15, 0.2) is 5.76 Å². The molecule has 170 valence electrons. The predicted molar refractivity (Wildman–Crippen MR) is 116 cm³/mol. The van der Waals surface area contributed by atoms with E-state index in [4.69, 9.17) is 19.4 Å². The summed E-state index contributed by atoms with van der Waals surface area (Å²) in [6.45, 7) is 0. The second-order valence-corrected chi connectivity index (χ2v) is 6.91. The Morgan fingerprint density at radius 3 is 2.42 bits per heavy atom. The number of aromatic nitrogens is 1. The van der Waals surface area contributed by atoms with E-state index < -0.39 is 29.0 Å². The van der Waals surface area contributed by atoms with Gasteiger partial charge >= 0.3 is 6.18 Å². The van der Waals surface area contributed by atoms with E-state index in [9.17, 15) is 17.6 Å². The Morgan fingerprint density at radius 1 is 1.03 bits per heavy atom. The molecule has 1 aromatic heterocycles. The van der Waals surface area contributed by atoms with Gasteiger partial charge in [-0.2, -0.15) is 13.2 Å². The fourth-order valence-corrected chi connectivity index (χ4v) is 3.58. The van der Waals surface area contributed by atoms with Crippen LogP contribution < -0.4 is 14.8 Å². The summed E-state index contributed by atoms with van der Waals surface area (Å²) < 4.78 is 72.8. The van der Waals surface area contributed by atoms with Crippen LogP contribution in [-0.4, -0.2) is 31.8 Å². The van der Waals surface area contributed by atoms with E-state index >= 15 is 0 Å². The van der Waals surface area contributed by atoms with Crippen LogP contribution in [0.2, 0.25) is 0 Å². The van der Waals surface area contributed by atoms with E-state index in [1.54, 1.807) is 12.1 Å². The van der Waals surface area contributed by atoms with Crippen LogP contribution in [0.15, 0.2) is 58.8 Å². The highest BCUT2D eigenvalue weighted by molar-refractivity contribution is 6.18. The van der Waals surface area contributed by atoms with Crippen LogP contribution in [0, 0.1) is 11.2 Å². The smallest absolute Gasteiger partial charge is 0.432 e. The molecule has 4 rings (SSSR count). The van der Waals surface area contributed by atoms with Gasteiger partial charge in [-0.3, -0.25) is 0 Å². The van der Waals surface area contributed by atoms with Crippen molar-refractivity contribution >= 4 is 39.2 Å². The summed E-state index contributed by atoms with van der Waals surface area (Å²) in [6.07, 6.45) is -4.42. The fourth-order valence-electron chi connectivity index (χ4n) is 3.58. The first-order valence-electron chi connectivity index (χ1n) is 9.57. The summed E-state index contributed by atoms with van der Waals surface area (Å²) in [5.41, 5.74) is -1.92. The summed E-state index contributed by atoms with van der Waals surface area (Å²) in [6, 6.07) is 11.8. The number of fused-ring (bicyclic) bond motifs is 3. The number of para-hydroxylation sites is 2. The molecule has 10 heteroatoms. The number of hydrogen-bond donors (Lipinski definition) is 2. The molecular formula is C23H17F4N3O3. The average Bonchev–Trinajstić information content (AvgIpc) is 3.23. The maximum Gasteiger partial charge on any atom is 0.432 e. The molecule has 1 heterocycles. The van der Waals surface area contributed by atoms with Crippen LogP contribution in [0.4, 0.5) is 23.2 Å². The minimum atomic E-state index is -4.91. The highest BCUT2D eigenvalue weighted by Gasteiger charge is 2.39. The predicted octanol–water partition coefficient (Wildman–Crippen LogP) is 6.17. The molecule has 0 aliphatic carbocycles. The number of rotatable bonds is 6. The van der Waals surface area contributed by atoms with E-state index in [1.807, 2.05) is 0 Å². The van der Waals surface area contributed by atoms with Gasteiger partial charge in [-0.15, -0.1) is 0 Å². The van der Waals surface area contributed by atoms with Crippen LogP contribution in [-0.2, 0) is 0 Å². The first-order chi connectivity index (χ1) is 15.8. The Labute approximate surface area is 184 Å². The zero-order valence-corrected chi connectivity index (χ0v) is 17.4. The van der Waals surface area contributed by atoms with Crippen LogP contribution >= 0.6 is 0 Å². The molecule has 0 saturated carbocycles. The fraction of sp³-hybridized carbons (Fsp3) is 0.130. The molecule has 0 saturated heterocycles. The number of nitrogens with zero attached hydrogens (tertiary/aromatic N) is 1. The lowest BCUT2D eigenvalue weighted by Gasteiger charge is -2.18. The van der Waals surface area contributed by atoms with Crippen molar-refractivity contribution in [3.63, 3.8) is 0 Å². The maximum absolute atomic E-state index is 14.6. The molecule has 3 aromatic carbocycles. The largest absolute Gasteiger partial charge is 0.496 e. The third-order valence-electron chi connectivity index (χ3n) is 5.04. The number of hydrogen-bond acceptors (Lipinski definition) is 6. The molecule has 0 unspecified atom stereocenters. The quantitative estimate of drug-likeness (QED) is 0.266. The number of alkyl halides is 3. The number of nitrogens with one attached hydrogen (secondary N) is 2. The van der Waals surface area contributed by atoms with Gasteiger partial charge in [0.2, 0.25) is 0 Å². The Balaban J connectivity index is 2.04. The Bertz CT molecular complexity index is 1390. The monoisotopic (exact) mass is 459 g/mol. The second-order valence-electron chi connectivity index (χ2n) is 6.91. The summed E-state index contributed by atoms with van der Waals surface area (Å²) in [4.78, 5) is 0. The first kappa shape index (κ1) is 22.1. The molecule has 0 amide bonds. The van der Waals surface area contributed by atoms with Crippen molar-refractivity contribution in [2.75, 3.05) is 19.5 Å². The highest BCUT2D eigenvalue weighted by Crippen LogP contribution is 2.42. The van der Waals surface area contributed by atoms with E-state index in [0.29, 0.717) is 11.6 Å². The number of allylic oxidation sites excluding steroid dienone is 2. The molecule has 2 N–H and O–H groups in total. The summed E-state index contributed by atoms with van der Waals surface area (Å²) in [7, 11) is 2.64. The van der Waals surface area contributed by atoms with Crippen molar-refractivity contribution in [1.82, 2.24) is 5.16 Å². The third-order valence-corrected chi connectivity index (χ3v) is 5.04. The first-order valence-corrected chi connectivity index (χ1v) is 9.57. The Kier molecular flexibility index (Phi) is 5.67. The Hall–Kier alpha value is -4.08. The van der Waals surface area contributed by atoms with Crippen molar-refractivity contribution in [3.05, 3.63) is 65.8 Å². The van der Waals surface area contributed by atoms with Gasteiger partial charge in [0.1, 0.15) is 28.5 Å². The van der Waals surface area contributed by atoms with Crippen LogP contribution in [0.3, 0.4) is 0 Å². The minimum Gasteiger partial charge on any atom is -0.496 e. The van der Waals surface area contributed by atoms with Crippen molar-refractivity contribution < 1.29 is 31.6 Å². The van der Waals surface area contributed by atoms with Gasteiger partial charge in [0.25, 0.3) is 0 Å². The average molecular weight is 459 g/mol. The minimum absolute atomic E-state index is 0.0113. The van der Waals surface area contributed by atoms with E-state index in [0.717, 1.165) is 0 Å². The van der Waals surface area contributed by atoms with Gasteiger partial charge < -0.3 is 24.7 Å². The molecule has 0 spiro atoms. The Morgan fingerprint density at radius 2 is 1.76 bits per heavy atom. The van der Waals surface area contributed by atoms with Gasteiger partial charge in [-0.05, 0) is 29.7 Å². The molecule has 6 nitrogen and oxygen atoms in total.